The van der Waals surface area contributed by atoms with Crippen LogP contribution in [0.3, 0.4) is 0 Å². The molecule has 0 spiro atoms. The van der Waals surface area contributed by atoms with Gasteiger partial charge in [-0.15, -0.1) is 11.8 Å². The highest BCUT2D eigenvalue weighted by Gasteiger charge is 2.69. The van der Waals surface area contributed by atoms with E-state index in [1.807, 2.05) is 66.7 Å². The second kappa shape index (κ2) is 11.6. The van der Waals surface area contributed by atoms with E-state index in [0.717, 1.165) is 38.3 Å². The zero-order valence-corrected chi connectivity index (χ0v) is 28.0. The summed E-state index contributed by atoms with van der Waals surface area (Å²) in [6.45, 7) is -0.148. The number of fused-ring (bicyclic) bond motifs is 10. The molecule has 0 radical (unpaired) electrons. The molecule has 2 saturated carbocycles. The first kappa shape index (κ1) is 30.2. The number of rotatable bonds is 7. The molecular weight excluding hydrogens is 659 g/mol. The molecule has 49 heavy (non-hydrogen) atoms. The maximum absolute atomic E-state index is 14.0. The molecule has 2 aliphatic carbocycles. The van der Waals surface area contributed by atoms with Crippen LogP contribution in [0.4, 0.5) is 11.4 Å². The molecular formula is C38H31N3O6S2. The Balaban J connectivity index is 0.962. The molecule has 7 atom stereocenters. The first-order valence-electron chi connectivity index (χ1n) is 16.3. The molecule has 1 aromatic heterocycles. The number of hydrogen-bond acceptors (Lipinski definition) is 8. The minimum absolute atomic E-state index is 0.0104. The van der Waals surface area contributed by atoms with Gasteiger partial charge in [0.1, 0.15) is 11.5 Å². The summed E-state index contributed by atoms with van der Waals surface area (Å²) in [6.07, 6.45) is 0.814. The number of nitrogens with zero attached hydrogens (tertiary/aromatic N) is 1. The van der Waals surface area contributed by atoms with Gasteiger partial charge in [0, 0.05) is 27.1 Å². The Morgan fingerprint density at radius 2 is 1.59 bits per heavy atom. The van der Waals surface area contributed by atoms with Gasteiger partial charge < -0.3 is 19.8 Å². The molecule has 3 heterocycles. The van der Waals surface area contributed by atoms with Gasteiger partial charge in [-0.3, -0.25) is 24.1 Å². The Morgan fingerprint density at radius 3 is 2.37 bits per heavy atom. The summed E-state index contributed by atoms with van der Waals surface area (Å²) in [5.74, 6) is -0.0279. The zero-order valence-electron chi connectivity index (χ0n) is 26.3. The highest BCUT2D eigenvalue weighted by Crippen LogP contribution is 2.68. The van der Waals surface area contributed by atoms with Crippen molar-refractivity contribution < 1.29 is 23.9 Å². The first-order chi connectivity index (χ1) is 23.9. The van der Waals surface area contributed by atoms with Crippen LogP contribution in [0.5, 0.6) is 11.5 Å². The number of thioether (sulfide) groups is 1. The number of aromatic amines is 1. The summed E-state index contributed by atoms with van der Waals surface area (Å²) < 4.78 is 11.2. The molecule has 9 nitrogen and oxygen atoms in total. The van der Waals surface area contributed by atoms with Gasteiger partial charge in [-0.25, -0.2) is 0 Å². The standard InChI is InChI=1S/C38H31N3O6S2/c1-46-22-15-11-21(12-16-22)41-36(43)31-25-17-26(32(31)37(41)44)33-30(25)29(34-35(48-33)40-38(45)49-34)20-9-13-23(14-10-20)47-18-28(42)39-27-8-4-6-19-5-2-3-7-24(19)27/h2-16,25-26,29-33H,17-18H2,1H3,(H,39,42)(H,40,45)/t25-,26-,29+,30-,31+,32+,33-/m1/s1. The lowest BCUT2D eigenvalue weighted by atomic mass is 9.68. The minimum Gasteiger partial charge on any atom is -0.497 e. The van der Waals surface area contributed by atoms with Crippen LogP contribution < -0.4 is 24.6 Å². The van der Waals surface area contributed by atoms with Crippen molar-refractivity contribution in [2.75, 3.05) is 23.9 Å². The minimum atomic E-state index is -0.385. The van der Waals surface area contributed by atoms with Gasteiger partial charge in [0.2, 0.25) is 11.8 Å². The lowest BCUT2D eigenvalue weighted by Gasteiger charge is -2.43. The van der Waals surface area contributed by atoms with Gasteiger partial charge in [0.25, 0.3) is 5.91 Å². The number of carbonyl (C=O) groups is 3. The molecule has 11 heteroatoms. The number of methoxy groups -OCH3 is 1. The molecule has 1 saturated heterocycles. The van der Waals surface area contributed by atoms with Crippen molar-refractivity contribution >= 4 is 63.0 Å². The average molecular weight is 690 g/mol. The summed E-state index contributed by atoms with van der Waals surface area (Å²) in [5.41, 5.74) is 2.32. The van der Waals surface area contributed by atoms with E-state index < -0.39 is 0 Å². The lowest BCUT2D eigenvalue weighted by Crippen LogP contribution is -2.42. The molecule has 2 aliphatic heterocycles. The van der Waals surface area contributed by atoms with Crippen molar-refractivity contribution in [1.82, 2.24) is 4.98 Å². The average Bonchev–Trinajstić information content (AvgIpc) is 3.86. The molecule has 3 amide bonds. The van der Waals surface area contributed by atoms with Crippen molar-refractivity contribution in [3.63, 3.8) is 0 Å². The largest absolute Gasteiger partial charge is 0.497 e. The van der Waals surface area contributed by atoms with E-state index in [4.69, 9.17) is 9.47 Å². The van der Waals surface area contributed by atoms with Crippen molar-refractivity contribution in [3.8, 4) is 11.5 Å². The molecule has 0 unspecified atom stereocenters. The second-order valence-electron chi connectivity index (χ2n) is 13.1. The van der Waals surface area contributed by atoms with E-state index in [9.17, 15) is 19.2 Å². The Hall–Kier alpha value is -4.87. The third-order valence-corrected chi connectivity index (χ3v) is 13.3. The van der Waals surface area contributed by atoms with E-state index in [1.165, 1.54) is 16.2 Å². The van der Waals surface area contributed by atoms with Crippen LogP contribution in [0.2, 0.25) is 0 Å². The summed E-state index contributed by atoms with van der Waals surface area (Å²) in [7, 11) is 1.58. The van der Waals surface area contributed by atoms with E-state index in [0.29, 0.717) is 17.2 Å². The number of H-pyrrole nitrogens is 1. The van der Waals surface area contributed by atoms with Crippen molar-refractivity contribution in [3.05, 3.63) is 111 Å². The maximum Gasteiger partial charge on any atom is 0.305 e. The lowest BCUT2D eigenvalue weighted by molar-refractivity contribution is -0.123. The predicted molar refractivity (Wildman–Crippen MR) is 188 cm³/mol. The van der Waals surface area contributed by atoms with Crippen molar-refractivity contribution in [2.45, 2.75) is 22.6 Å². The van der Waals surface area contributed by atoms with Gasteiger partial charge in [-0.05, 0) is 77.6 Å². The summed E-state index contributed by atoms with van der Waals surface area (Å²) >= 11 is 2.89. The normalized spacial score (nSPS) is 26.4. The molecule has 5 aromatic rings. The summed E-state index contributed by atoms with van der Waals surface area (Å²) in [5, 5.41) is 5.91. The number of carbonyl (C=O) groups excluding carboxylic acids is 3. The molecule has 2 bridgehead atoms. The quantitative estimate of drug-likeness (QED) is 0.193. The number of thiazole rings is 1. The SMILES string of the molecule is COc1ccc(N2C(=O)[C@H]3[C@H]4C[C@@H]([C@@H]3C2=O)[C@@H]2[C@H](c3ccc(OCC(=O)Nc5cccc6ccccc56)cc3)c3sc(=O)[nH]c3S[C@H]42)cc1. The maximum atomic E-state index is 14.0. The predicted octanol–water partition coefficient (Wildman–Crippen LogP) is 6.29. The molecule has 2 N–H and O–H groups in total. The van der Waals surface area contributed by atoms with E-state index in [1.54, 1.807) is 43.1 Å². The Kier molecular flexibility index (Phi) is 7.17. The monoisotopic (exact) mass is 689 g/mol. The number of nitrogens with one attached hydrogen (secondary N) is 2. The Labute approximate surface area is 289 Å². The molecule has 3 fully saturated rings. The number of hydrogen-bond donors (Lipinski definition) is 2. The van der Waals surface area contributed by atoms with E-state index in [-0.39, 0.29) is 70.0 Å². The van der Waals surface area contributed by atoms with Crippen LogP contribution in [0.25, 0.3) is 10.8 Å². The van der Waals surface area contributed by atoms with Gasteiger partial charge in [0.15, 0.2) is 6.61 Å². The molecule has 4 aliphatic rings. The van der Waals surface area contributed by atoms with Gasteiger partial charge >= 0.3 is 4.87 Å². The fraction of sp³-hybridized carbons (Fsp3) is 0.263. The fourth-order valence-corrected chi connectivity index (χ4v) is 11.7. The van der Waals surface area contributed by atoms with Crippen molar-refractivity contribution in [2.24, 2.45) is 29.6 Å². The Bertz CT molecular complexity index is 2190. The smallest absolute Gasteiger partial charge is 0.305 e. The molecule has 9 rings (SSSR count). The third-order valence-electron chi connectivity index (χ3n) is 10.7. The number of amides is 3. The first-order valence-corrected chi connectivity index (χ1v) is 18.0. The molecule has 246 valence electrons. The number of aromatic nitrogens is 1. The van der Waals surface area contributed by atoms with E-state index >= 15 is 0 Å². The Morgan fingerprint density at radius 1 is 0.878 bits per heavy atom. The summed E-state index contributed by atoms with van der Waals surface area (Å²) in [6, 6.07) is 28.4. The number of ether oxygens (including phenoxy) is 2. The number of benzene rings is 4. The van der Waals surface area contributed by atoms with Crippen LogP contribution in [0, 0.1) is 29.6 Å². The fourth-order valence-electron chi connectivity index (χ4n) is 8.82. The van der Waals surface area contributed by atoms with Crippen molar-refractivity contribution in [1.29, 1.82) is 0 Å². The highest BCUT2D eigenvalue weighted by molar-refractivity contribution is 8.00. The number of anilines is 2. The third kappa shape index (κ3) is 4.81. The van der Waals surface area contributed by atoms with Crippen LogP contribution >= 0.6 is 23.1 Å². The van der Waals surface area contributed by atoms with E-state index in [2.05, 4.69) is 10.3 Å². The number of imide groups is 1. The topological polar surface area (TPSA) is 118 Å². The zero-order chi connectivity index (χ0) is 33.4. The second-order valence-corrected chi connectivity index (χ2v) is 15.3. The van der Waals surface area contributed by atoms with Crippen LogP contribution in [-0.2, 0) is 14.4 Å². The molecule has 4 aromatic carbocycles. The summed E-state index contributed by atoms with van der Waals surface area (Å²) in [4.78, 5) is 58.7. The van der Waals surface area contributed by atoms with Crippen LogP contribution in [0.15, 0.2) is 101 Å². The van der Waals surface area contributed by atoms with Crippen LogP contribution in [-0.4, -0.2) is 41.7 Å². The van der Waals surface area contributed by atoms with Crippen LogP contribution in [0.1, 0.15) is 22.8 Å². The van der Waals surface area contributed by atoms with Gasteiger partial charge in [-0.2, -0.15) is 0 Å². The highest BCUT2D eigenvalue weighted by atomic mass is 32.2. The van der Waals surface area contributed by atoms with Gasteiger partial charge in [0.05, 0.1) is 29.7 Å². The van der Waals surface area contributed by atoms with Gasteiger partial charge in [-0.1, -0.05) is 59.9 Å².